The monoisotopic (exact) mass is 620 g/mol. The van der Waals surface area contributed by atoms with Gasteiger partial charge < -0.3 is 4.74 Å². The van der Waals surface area contributed by atoms with Crippen LogP contribution in [0.2, 0.25) is 0 Å². The van der Waals surface area contributed by atoms with Crippen molar-refractivity contribution in [2.75, 3.05) is 0 Å². The minimum Gasteiger partial charge on any atom is -0.456 e. The van der Waals surface area contributed by atoms with E-state index in [1.54, 1.807) is 0 Å². The Labute approximate surface area is 283 Å². The van der Waals surface area contributed by atoms with E-state index >= 15 is 0 Å². The number of hydrogen-bond donors (Lipinski definition) is 0. The first kappa shape index (κ1) is 26.6. The van der Waals surface area contributed by atoms with Gasteiger partial charge in [-0.1, -0.05) is 140 Å². The molecule has 0 bridgehead atoms. The quantitative estimate of drug-likeness (QED) is 0.179. The third-order valence-electron chi connectivity index (χ3n) is 10.6. The topological polar surface area (TPSA) is 9.23 Å². The fourth-order valence-corrected chi connectivity index (χ4v) is 8.38. The summed E-state index contributed by atoms with van der Waals surface area (Å²) in [7, 11) is 0. The van der Waals surface area contributed by atoms with Crippen LogP contribution in [-0.2, 0) is 0 Å². The Hall–Kier alpha value is -6.44. The van der Waals surface area contributed by atoms with Crippen LogP contribution in [0.5, 0.6) is 11.5 Å². The van der Waals surface area contributed by atoms with Crippen molar-refractivity contribution >= 4 is 53.9 Å². The van der Waals surface area contributed by atoms with Crippen LogP contribution in [0, 0.1) is 0 Å². The fraction of sp³-hybridized carbons (Fsp3) is 0. The molecule has 11 rings (SSSR count). The highest BCUT2D eigenvalue weighted by Crippen LogP contribution is 2.50. The Bertz CT molecular complexity index is 2890. The fourth-order valence-electron chi connectivity index (χ4n) is 8.38. The third-order valence-corrected chi connectivity index (χ3v) is 10.6. The highest BCUT2D eigenvalue weighted by Gasteiger charge is 2.23. The zero-order valence-electron chi connectivity index (χ0n) is 26.6. The average Bonchev–Trinajstić information content (AvgIpc) is 3.17. The van der Waals surface area contributed by atoms with Gasteiger partial charge in [-0.3, -0.25) is 0 Å². The van der Waals surface area contributed by atoms with Crippen molar-refractivity contribution < 1.29 is 4.74 Å². The second-order valence-corrected chi connectivity index (χ2v) is 13.2. The van der Waals surface area contributed by atoms with E-state index in [1.807, 2.05) is 0 Å². The molecule has 1 heterocycles. The van der Waals surface area contributed by atoms with Crippen molar-refractivity contribution in [2.45, 2.75) is 0 Å². The van der Waals surface area contributed by atoms with Crippen molar-refractivity contribution in [3.05, 3.63) is 170 Å². The summed E-state index contributed by atoms with van der Waals surface area (Å²) in [5, 5.41) is 12.7. The second-order valence-electron chi connectivity index (χ2n) is 13.2. The molecule has 0 amide bonds. The molecule has 1 heteroatoms. The molecule has 1 aliphatic rings. The molecule has 10 aromatic rings. The predicted molar refractivity (Wildman–Crippen MR) is 207 cm³/mol. The smallest absolute Gasteiger partial charge is 0.135 e. The van der Waals surface area contributed by atoms with E-state index < -0.39 is 0 Å². The van der Waals surface area contributed by atoms with Crippen LogP contribution in [0.15, 0.2) is 170 Å². The van der Waals surface area contributed by atoms with Crippen LogP contribution < -0.4 is 4.74 Å². The molecule has 0 saturated heterocycles. The standard InChI is InChI=1S/C48H28O/c1-2-8-29(9-3-1)36-23-25-45-48-41(36)14-7-15-42(48)43-28-32(20-24-44(43)49-45)37-21-22-38(40-13-5-4-12-39(37)40)35-26-33-18-16-30-10-6-11-31-17-19-34(27-35)47(33)46(30)31/h1-28H. The van der Waals surface area contributed by atoms with Gasteiger partial charge >= 0.3 is 0 Å². The molecule has 0 N–H and O–H groups in total. The second kappa shape index (κ2) is 10.0. The summed E-state index contributed by atoms with van der Waals surface area (Å²) in [5.74, 6) is 1.81. The number of rotatable bonds is 3. The predicted octanol–water partition coefficient (Wildman–Crippen LogP) is 13.7. The minimum absolute atomic E-state index is 0.894. The number of hydrogen-bond acceptors (Lipinski definition) is 1. The lowest BCUT2D eigenvalue weighted by Crippen LogP contribution is -1.98. The molecular formula is C48H28O. The highest BCUT2D eigenvalue weighted by molar-refractivity contribution is 6.24. The van der Waals surface area contributed by atoms with Gasteiger partial charge in [0.05, 0.1) is 0 Å². The van der Waals surface area contributed by atoms with Crippen molar-refractivity contribution in [3.63, 3.8) is 0 Å². The summed E-state index contributed by atoms with van der Waals surface area (Å²) in [4.78, 5) is 0. The lowest BCUT2D eigenvalue weighted by molar-refractivity contribution is 0.487. The Kier molecular flexibility index (Phi) is 5.45. The number of ether oxygens (including phenoxy) is 1. The van der Waals surface area contributed by atoms with E-state index in [4.69, 9.17) is 4.74 Å². The average molecular weight is 621 g/mol. The van der Waals surface area contributed by atoms with Gasteiger partial charge in [0, 0.05) is 10.9 Å². The molecule has 0 fully saturated rings. The lowest BCUT2D eigenvalue weighted by Gasteiger charge is -2.23. The molecule has 226 valence electrons. The molecule has 0 unspecified atom stereocenters. The van der Waals surface area contributed by atoms with E-state index in [0.29, 0.717) is 0 Å². The summed E-state index contributed by atoms with van der Waals surface area (Å²) in [6, 6.07) is 62.1. The minimum atomic E-state index is 0.894. The van der Waals surface area contributed by atoms with Crippen LogP contribution >= 0.6 is 0 Å². The Morgan fingerprint density at radius 3 is 1.59 bits per heavy atom. The van der Waals surface area contributed by atoms with E-state index in [9.17, 15) is 0 Å². The van der Waals surface area contributed by atoms with Gasteiger partial charge in [-0.05, 0) is 118 Å². The maximum absolute atomic E-state index is 6.58. The van der Waals surface area contributed by atoms with Crippen LogP contribution in [0.25, 0.3) is 98.4 Å². The van der Waals surface area contributed by atoms with Gasteiger partial charge in [-0.15, -0.1) is 0 Å². The van der Waals surface area contributed by atoms with Crippen LogP contribution in [-0.4, -0.2) is 0 Å². The van der Waals surface area contributed by atoms with Crippen LogP contribution in [0.3, 0.4) is 0 Å². The summed E-state index contributed by atoms with van der Waals surface area (Å²) < 4.78 is 6.58. The third kappa shape index (κ3) is 3.87. The first-order chi connectivity index (χ1) is 24.3. The normalized spacial score (nSPS) is 12.2. The van der Waals surface area contributed by atoms with Gasteiger partial charge in [0.2, 0.25) is 0 Å². The molecule has 1 aliphatic heterocycles. The Balaban J connectivity index is 1.07. The molecule has 49 heavy (non-hydrogen) atoms. The zero-order chi connectivity index (χ0) is 32.1. The maximum atomic E-state index is 6.58. The van der Waals surface area contributed by atoms with Gasteiger partial charge in [-0.2, -0.15) is 0 Å². The van der Waals surface area contributed by atoms with Crippen molar-refractivity contribution in [2.24, 2.45) is 0 Å². The maximum Gasteiger partial charge on any atom is 0.135 e. The van der Waals surface area contributed by atoms with Crippen molar-refractivity contribution in [3.8, 4) is 56.0 Å². The molecule has 0 atom stereocenters. The molecule has 1 nitrogen and oxygen atoms in total. The first-order valence-electron chi connectivity index (χ1n) is 16.9. The van der Waals surface area contributed by atoms with E-state index in [-0.39, 0.29) is 0 Å². The van der Waals surface area contributed by atoms with E-state index in [1.165, 1.54) is 92.8 Å². The summed E-state index contributed by atoms with van der Waals surface area (Å²) in [6.45, 7) is 0. The van der Waals surface area contributed by atoms with E-state index in [0.717, 1.165) is 17.1 Å². The summed E-state index contributed by atoms with van der Waals surface area (Å²) >= 11 is 0. The summed E-state index contributed by atoms with van der Waals surface area (Å²) in [6.07, 6.45) is 0. The van der Waals surface area contributed by atoms with Crippen LogP contribution in [0.4, 0.5) is 0 Å². The van der Waals surface area contributed by atoms with Crippen LogP contribution in [0.1, 0.15) is 0 Å². The zero-order valence-corrected chi connectivity index (χ0v) is 26.6. The van der Waals surface area contributed by atoms with Gasteiger partial charge in [0.1, 0.15) is 11.5 Å². The van der Waals surface area contributed by atoms with Gasteiger partial charge in [0.25, 0.3) is 0 Å². The SMILES string of the molecule is c1ccc(-c2ccc3c4c(cccc24)-c2cc(-c4ccc(-c5cc6ccc7cccc8ccc(c5)c6c78)c5ccccc45)ccc2O3)cc1. The van der Waals surface area contributed by atoms with E-state index in [2.05, 4.69) is 170 Å². The molecule has 0 radical (unpaired) electrons. The largest absolute Gasteiger partial charge is 0.456 e. The lowest BCUT2D eigenvalue weighted by atomic mass is 9.87. The number of fused-ring (bicyclic) bond motifs is 3. The van der Waals surface area contributed by atoms with Crippen molar-refractivity contribution in [1.29, 1.82) is 0 Å². The molecular weight excluding hydrogens is 593 g/mol. The molecule has 0 spiro atoms. The first-order valence-corrected chi connectivity index (χ1v) is 16.9. The summed E-state index contributed by atoms with van der Waals surface area (Å²) in [5.41, 5.74) is 9.66. The van der Waals surface area contributed by atoms with Crippen molar-refractivity contribution in [1.82, 2.24) is 0 Å². The molecule has 10 aromatic carbocycles. The number of benzene rings is 10. The Morgan fingerprint density at radius 2 is 0.837 bits per heavy atom. The Morgan fingerprint density at radius 1 is 0.265 bits per heavy atom. The molecule has 0 aliphatic carbocycles. The van der Waals surface area contributed by atoms with Gasteiger partial charge in [0.15, 0.2) is 0 Å². The molecule has 0 aromatic heterocycles. The highest BCUT2D eigenvalue weighted by atomic mass is 16.5. The van der Waals surface area contributed by atoms with Gasteiger partial charge in [-0.25, -0.2) is 0 Å². The molecule has 0 saturated carbocycles.